The van der Waals surface area contributed by atoms with Gasteiger partial charge >= 0.3 is 0 Å². The van der Waals surface area contributed by atoms with E-state index in [4.69, 9.17) is 17.7 Å². The summed E-state index contributed by atoms with van der Waals surface area (Å²) < 4.78 is 21.5. The summed E-state index contributed by atoms with van der Waals surface area (Å²) in [6.45, 7) is 0. The average Bonchev–Trinajstić information content (AvgIpc) is 3.40. The van der Waals surface area contributed by atoms with Gasteiger partial charge in [-0.3, -0.25) is 0 Å². The van der Waals surface area contributed by atoms with Gasteiger partial charge in [-0.05, 0) is 30.7 Å². The Labute approximate surface area is 150 Å². The highest BCUT2D eigenvalue weighted by Gasteiger charge is 2.12. The summed E-state index contributed by atoms with van der Waals surface area (Å²) >= 11 is 3.00. The molecule has 0 bridgehead atoms. The second-order valence-corrected chi connectivity index (χ2v) is 6.84. The Morgan fingerprint density at radius 3 is 1.68 bits per heavy atom. The van der Waals surface area contributed by atoms with Gasteiger partial charge in [-0.1, -0.05) is 23.5 Å². The van der Waals surface area contributed by atoms with Gasteiger partial charge < -0.3 is 17.7 Å². The lowest BCUT2D eigenvalue weighted by Crippen LogP contribution is -1.84. The van der Waals surface area contributed by atoms with Crippen LogP contribution in [0.3, 0.4) is 0 Å². The van der Waals surface area contributed by atoms with Crippen LogP contribution in [0.25, 0.3) is 23.3 Å². The normalized spacial score (nSPS) is 11.2. The molecule has 4 heterocycles. The zero-order valence-corrected chi connectivity index (χ0v) is 14.5. The molecule has 0 aliphatic heterocycles. The van der Waals surface area contributed by atoms with E-state index in [0.717, 1.165) is 17.9 Å². The zero-order chi connectivity index (χ0) is 16.9. The molecule has 10 heteroatoms. The van der Waals surface area contributed by atoms with E-state index in [1.54, 1.807) is 36.8 Å². The van der Waals surface area contributed by atoms with Gasteiger partial charge in [0.2, 0.25) is 0 Å². The van der Waals surface area contributed by atoms with Gasteiger partial charge in [-0.25, -0.2) is 0 Å². The molecule has 4 aromatic rings. The summed E-state index contributed by atoms with van der Waals surface area (Å²) in [4.78, 5) is 0. The van der Waals surface area contributed by atoms with Crippen molar-refractivity contribution in [3.8, 4) is 23.3 Å². The molecule has 0 radical (unpaired) electrons. The van der Waals surface area contributed by atoms with Crippen molar-refractivity contribution in [3.05, 3.63) is 36.8 Å². The van der Waals surface area contributed by atoms with E-state index < -0.39 is 0 Å². The Morgan fingerprint density at radius 2 is 1.24 bits per heavy atom. The Bertz CT molecular complexity index is 827. The minimum atomic E-state index is 0.387. The molecule has 0 atom stereocenters. The molecular formula is C15H12N4O4S2. The van der Waals surface area contributed by atoms with Gasteiger partial charge in [0.25, 0.3) is 22.2 Å². The molecule has 4 rings (SSSR count). The highest BCUT2D eigenvalue weighted by atomic mass is 32.2. The molecule has 25 heavy (non-hydrogen) atoms. The van der Waals surface area contributed by atoms with E-state index in [9.17, 15) is 0 Å². The number of rotatable bonds is 8. The van der Waals surface area contributed by atoms with Crippen LogP contribution in [0.1, 0.15) is 6.42 Å². The van der Waals surface area contributed by atoms with Gasteiger partial charge in [-0.15, -0.1) is 20.4 Å². The smallest absolute Gasteiger partial charge is 0.284 e. The highest BCUT2D eigenvalue weighted by Crippen LogP contribution is 2.26. The zero-order valence-electron chi connectivity index (χ0n) is 12.8. The molecule has 8 nitrogen and oxygen atoms in total. The maximum absolute atomic E-state index is 5.53. The maximum atomic E-state index is 5.53. The molecule has 4 aromatic heterocycles. The van der Waals surface area contributed by atoms with Gasteiger partial charge in [0.05, 0.1) is 12.5 Å². The van der Waals surface area contributed by atoms with Gasteiger partial charge in [0, 0.05) is 11.5 Å². The average molecular weight is 376 g/mol. The lowest BCUT2D eigenvalue weighted by atomic mass is 10.5. The van der Waals surface area contributed by atoms with Crippen molar-refractivity contribution in [2.45, 2.75) is 16.9 Å². The summed E-state index contributed by atoms with van der Waals surface area (Å²) in [6, 6.07) is 7.11. The van der Waals surface area contributed by atoms with E-state index >= 15 is 0 Å². The van der Waals surface area contributed by atoms with E-state index in [0.29, 0.717) is 33.7 Å². The van der Waals surface area contributed by atoms with E-state index in [2.05, 4.69) is 20.4 Å². The fraction of sp³-hybridized carbons (Fsp3) is 0.200. The first-order chi connectivity index (χ1) is 12.4. The topological polar surface area (TPSA) is 104 Å². The maximum Gasteiger partial charge on any atom is 0.284 e. The van der Waals surface area contributed by atoms with Gasteiger partial charge in [-0.2, -0.15) is 0 Å². The molecule has 0 saturated heterocycles. The Balaban J connectivity index is 1.20. The molecule has 0 aromatic carbocycles. The summed E-state index contributed by atoms with van der Waals surface area (Å²) in [5, 5.41) is 16.9. The quantitative estimate of drug-likeness (QED) is 0.327. The fourth-order valence-electron chi connectivity index (χ4n) is 1.91. The fourth-order valence-corrected chi connectivity index (χ4v) is 3.50. The summed E-state index contributed by atoms with van der Waals surface area (Å²) in [5.74, 6) is 3.59. The van der Waals surface area contributed by atoms with Gasteiger partial charge in [0.1, 0.15) is 0 Å². The molecule has 0 amide bonds. The Morgan fingerprint density at radius 1 is 0.720 bits per heavy atom. The third-order valence-electron chi connectivity index (χ3n) is 3.02. The van der Waals surface area contributed by atoms with E-state index in [1.165, 1.54) is 23.5 Å². The second-order valence-electron chi connectivity index (χ2n) is 4.75. The molecule has 0 saturated carbocycles. The number of aromatic nitrogens is 4. The van der Waals surface area contributed by atoms with Crippen LogP contribution in [-0.4, -0.2) is 31.9 Å². The third-order valence-corrected chi connectivity index (χ3v) is 4.83. The largest absolute Gasteiger partial charge is 0.459 e. The van der Waals surface area contributed by atoms with Crippen molar-refractivity contribution in [1.82, 2.24) is 20.4 Å². The summed E-state index contributed by atoms with van der Waals surface area (Å²) in [7, 11) is 0. The van der Waals surface area contributed by atoms with Crippen molar-refractivity contribution in [1.29, 1.82) is 0 Å². The van der Waals surface area contributed by atoms with Crippen molar-refractivity contribution < 1.29 is 17.7 Å². The van der Waals surface area contributed by atoms with Crippen molar-refractivity contribution in [2.24, 2.45) is 0 Å². The molecule has 0 fully saturated rings. The SMILES string of the molecule is c1coc(-c2nnc(SCCCSc3nnc(-c4ccco4)o3)o2)c1. The molecule has 0 aliphatic rings. The summed E-state index contributed by atoms with van der Waals surface area (Å²) in [5.41, 5.74) is 0. The number of hydrogen-bond donors (Lipinski definition) is 0. The Kier molecular flexibility index (Phi) is 4.89. The van der Waals surface area contributed by atoms with Crippen LogP contribution in [0.4, 0.5) is 0 Å². The third kappa shape index (κ3) is 3.97. The minimum absolute atomic E-state index is 0.387. The molecule has 0 spiro atoms. The molecule has 0 aliphatic carbocycles. The van der Waals surface area contributed by atoms with Crippen molar-refractivity contribution >= 4 is 23.5 Å². The predicted octanol–water partition coefficient (Wildman–Crippen LogP) is 4.25. The predicted molar refractivity (Wildman–Crippen MR) is 90.1 cm³/mol. The van der Waals surface area contributed by atoms with Crippen LogP contribution in [0.5, 0.6) is 0 Å². The van der Waals surface area contributed by atoms with Crippen LogP contribution < -0.4 is 0 Å². The first-order valence-corrected chi connectivity index (χ1v) is 9.36. The Hall–Kier alpha value is -2.46. The lowest BCUT2D eigenvalue weighted by Gasteiger charge is -1.95. The molecular weight excluding hydrogens is 364 g/mol. The van der Waals surface area contributed by atoms with E-state index in [1.807, 2.05) is 0 Å². The number of nitrogens with zero attached hydrogens (tertiary/aromatic N) is 4. The minimum Gasteiger partial charge on any atom is -0.459 e. The van der Waals surface area contributed by atoms with Gasteiger partial charge in [0.15, 0.2) is 11.5 Å². The van der Waals surface area contributed by atoms with Crippen LogP contribution in [0.2, 0.25) is 0 Å². The second kappa shape index (κ2) is 7.62. The lowest BCUT2D eigenvalue weighted by molar-refractivity contribution is 0.447. The summed E-state index contributed by atoms with van der Waals surface area (Å²) in [6.07, 6.45) is 4.06. The van der Waals surface area contributed by atoms with Crippen LogP contribution >= 0.6 is 23.5 Å². The first-order valence-electron chi connectivity index (χ1n) is 7.39. The number of hydrogen-bond acceptors (Lipinski definition) is 10. The highest BCUT2D eigenvalue weighted by molar-refractivity contribution is 7.99. The van der Waals surface area contributed by atoms with Crippen LogP contribution in [-0.2, 0) is 0 Å². The van der Waals surface area contributed by atoms with Crippen molar-refractivity contribution in [3.63, 3.8) is 0 Å². The molecule has 128 valence electrons. The van der Waals surface area contributed by atoms with E-state index in [-0.39, 0.29) is 0 Å². The number of thioether (sulfide) groups is 2. The molecule has 0 unspecified atom stereocenters. The monoisotopic (exact) mass is 376 g/mol. The first kappa shape index (κ1) is 16.0. The molecule has 0 N–H and O–H groups in total. The number of furan rings is 2. The van der Waals surface area contributed by atoms with Crippen molar-refractivity contribution in [2.75, 3.05) is 11.5 Å². The van der Waals surface area contributed by atoms with Crippen LogP contribution in [0.15, 0.2) is 64.9 Å². The van der Waals surface area contributed by atoms with Crippen LogP contribution in [0, 0.1) is 0 Å². The standard InChI is InChI=1S/C15H12N4O4S2/c1-4-10(20-6-1)12-16-18-14(22-12)24-8-3-9-25-15-19-17-13(23-15)11-5-2-7-21-11/h1-2,4-7H,3,8-9H2.